The molecule has 0 aromatic heterocycles. The number of methoxy groups -OCH3 is 1. The minimum atomic E-state index is -0.770. The standard InChI is InChI=1S/C17H24O5/c1-22-15-10-6-8-13(7-2-4-11-16(18)19)14(15)9-3-5-12-17(20)21/h6,8,10H,2-5,7,9,11-12H2,1H3,(H,18,19)(H,20,21). The molecule has 122 valence electrons. The Kier molecular flexibility index (Phi) is 8.04. The summed E-state index contributed by atoms with van der Waals surface area (Å²) in [6, 6.07) is 5.88. The van der Waals surface area contributed by atoms with Crippen LogP contribution in [-0.4, -0.2) is 29.3 Å². The third-order valence-electron chi connectivity index (χ3n) is 3.60. The molecular weight excluding hydrogens is 284 g/mol. The maximum Gasteiger partial charge on any atom is 0.303 e. The highest BCUT2D eigenvalue weighted by atomic mass is 16.5. The molecule has 0 amide bonds. The van der Waals surface area contributed by atoms with Gasteiger partial charge in [0.1, 0.15) is 5.75 Å². The molecule has 1 aromatic carbocycles. The summed E-state index contributed by atoms with van der Waals surface area (Å²) in [5.41, 5.74) is 2.28. The van der Waals surface area contributed by atoms with Crippen LogP contribution < -0.4 is 4.74 Å². The number of aliphatic carboxylic acids is 2. The van der Waals surface area contributed by atoms with Gasteiger partial charge in [0.2, 0.25) is 0 Å². The van der Waals surface area contributed by atoms with Gasteiger partial charge in [0.25, 0.3) is 0 Å². The minimum absolute atomic E-state index is 0.184. The first-order valence-electron chi connectivity index (χ1n) is 7.63. The zero-order valence-electron chi connectivity index (χ0n) is 13.0. The van der Waals surface area contributed by atoms with Crippen LogP contribution in [0.1, 0.15) is 49.7 Å². The Hall–Kier alpha value is -2.04. The quantitative estimate of drug-likeness (QED) is 0.613. The summed E-state index contributed by atoms with van der Waals surface area (Å²) in [5.74, 6) is -0.709. The molecule has 0 unspecified atom stereocenters. The number of ether oxygens (including phenoxy) is 1. The Bertz CT molecular complexity index is 496. The first kappa shape index (κ1) is 18.0. The summed E-state index contributed by atoms with van der Waals surface area (Å²) in [5, 5.41) is 17.3. The lowest BCUT2D eigenvalue weighted by Crippen LogP contribution is -2.01. The molecule has 2 N–H and O–H groups in total. The number of rotatable bonds is 11. The molecule has 22 heavy (non-hydrogen) atoms. The number of carboxylic acid groups (broad SMARTS) is 2. The fourth-order valence-electron chi connectivity index (χ4n) is 2.49. The van der Waals surface area contributed by atoms with Crippen molar-refractivity contribution in [3.05, 3.63) is 29.3 Å². The molecular formula is C17H24O5. The molecule has 0 radical (unpaired) electrons. The summed E-state index contributed by atoms with van der Waals surface area (Å²) >= 11 is 0. The van der Waals surface area contributed by atoms with E-state index in [2.05, 4.69) is 0 Å². The van der Waals surface area contributed by atoms with Crippen LogP contribution in [0.4, 0.5) is 0 Å². The van der Waals surface area contributed by atoms with Gasteiger partial charge < -0.3 is 14.9 Å². The first-order valence-corrected chi connectivity index (χ1v) is 7.63. The normalized spacial score (nSPS) is 10.4. The van der Waals surface area contributed by atoms with E-state index in [-0.39, 0.29) is 12.8 Å². The van der Waals surface area contributed by atoms with Crippen molar-refractivity contribution in [1.82, 2.24) is 0 Å². The molecule has 0 saturated carbocycles. The van der Waals surface area contributed by atoms with Gasteiger partial charge in [-0.2, -0.15) is 0 Å². The van der Waals surface area contributed by atoms with Crippen molar-refractivity contribution in [2.75, 3.05) is 7.11 Å². The molecule has 0 fully saturated rings. The van der Waals surface area contributed by atoms with Gasteiger partial charge in [-0.15, -0.1) is 0 Å². The van der Waals surface area contributed by atoms with Crippen LogP contribution in [0.5, 0.6) is 5.75 Å². The van der Waals surface area contributed by atoms with Gasteiger partial charge in [0, 0.05) is 12.8 Å². The van der Waals surface area contributed by atoms with Crippen LogP contribution in [0.2, 0.25) is 0 Å². The van der Waals surface area contributed by atoms with Gasteiger partial charge in [0.05, 0.1) is 7.11 Å². The highest BCUT2D eigenvalue weighted by Crippen LogP contribution is 2.26. The maximum atomic E-state index is 10.6. The molecule has 1 rings (SSSR count). The van der Waals surface area contributed by atoms with E-state index in [0.717, 1.165) is 37.0 Å². The Morgan fingerprint density at radius 3 is 2.09 bits per heavy atom. The summed E-state index contributed by atoms with van der Waals surface area (Å²) in [4.78, 5) is 21.1. The molecule has 0 heterocycles. The smallest absolute Gasteiger partial charge is 0.303 e. The second kappa shape index (κ2) is 9.82. The van der Waals surface area contributed by atoms with Crippen LogP contribution in [0, 0.1) is 0 Å². The van der Waals surface area contributed by atoms with Crippen molar-refractivity contribution in [2.45, 2.75) is 51.4 Å². The molecule has 0 saturated heterocycles. The molecule has 1 aromatic rings. The fourth-order valence-corrected chi connectivity index (χ4v) is 2.49. The van der Waals surface area contributed by atoms with E-state index >= 15 is 0 Å². The SMILES string of the molecule is COc1cccc(CCCCC(=O)O)c1CCCCC(=O)O. The Morgan fingerprint density at radius 2 is 1.55 bits per heavy atom. The molecule has 5 heteroatoms. The lowest BCUT2D eigenvalue weighted by atomic mass is 9.96. The van der Waals surface area contributed by atoms with Crippen molar-refractivity contribution < 1.29 is 24.5 Å². The summed E-state index contributed by atoms with van der Waals surface area (Å²) in [7, 11) is 1.63. The van der Waals surface area contributed by atoms with Crippen molar-refractivity contribution in [3.63, 3.8) is 0 Å². The van der Waals surface area contributed by atoms with Crippen molar-refractivity contribution in [3.8, 4) is 5.75 Å². The second-order valence-corrected chi connectivity index (χ2v) is 5.30. The predicted molar refractivity (Wildman–Crippen MR) is 83.4 cm³/mol. The summed E-state index contributed by atoms with van der Waals surface area (Å²) in [6.45, 7) is 0. The van der Waals surface area contributed by atoms with Crippen LogP contribution in [0.3, 0.4) is 0 Å². The molecule has 0 atom stereocenters. The topological polar surface area (TPSA) is 83.8 Å². The molecule has 0 aliphatic rings. The Morgan fingerprint density at radius 1 is 0.955 bits per heavy atom. The van der Waals surface area contributed by atoms with Crippen molar-refractivity contribution >= 4 is 11.9 Å². The van der Waals surface area contributed by atoms with Gasteiger partial charge in [-0.25, -0.2) is 0 Å². The van der Waals surface area contributed by atoms with Crippen LogP contribution >= 0.6 is 0 Å². The largest absolute Gasteiger partial charge is 0.496 e. The lowest BCUT2D eigenvalue weighted by Gasteiger charge is -2.14. The number of aryl methyl sites for hydroxylation is 1. The van der Waals surface area contributed by atoms with E-state index in [1.54, 1.807) is 7.11 Å². The van der Waals surface area contributed by atoms with Gasteiger partial charge >= 0.3 is 11.9 Å². The van der Waals surface area contributed by atoms with Crippen molar-refractivity contribution in [2.24, 2.45) is 0 Å². The van der Waals surface area contributed by atoms with E-state index in [9.17, 15) is 9.59 Å². The van der Waals surface area contributed by atoms with Gasteiger partial charge in [0.15, 0.2) is 0 Å². The zero-order chi connectivity index (χ0) is 16.4. The molecule has 0 aliphatic carbocycles. The van der Waals surface area contributed by atoms with E-state index in [1.807, 2.05) is 18.2 Å². The zero-order valence-corrected chi connectivity index (χ0v) is 13.0. The van der Waals surface area contributed by atoms with E-state index in [1.165, 1.54) is 5.56 Å². The summed E-state index contributed by atoms with van der Waals surface area (Å²) < 4.78 is 5.40. The Labute approximate surface area is 130 Å². The first-order chi connectivity index (χ1) is 10.5. The maximum absolute atomic E-state index is 10.6. The number of hydrogen-bond donors (Lipinski definition) is 2. The Balaban J connectivity index is 2.62. The highest BCUT2D eigenvalue weighted by molar-refractivity contribution is 5.66. The average Bonchev–Trinajstić information content (AvgIpc) is 2.48. The van der Waals surface area contributed by atoms with Crippen LogP contribution in [-0.2, 0) is 22.4 Å². The third kappa shape index (κ3) is 6.61. The molecule has 5 nitrogen and oxygen atoms in total. The van der Waals surface area contributed by atoms with Crippen LogP contribution in [0.15, 0.2) is 18.2 Å². The average molecular weight is 308 g/mol. The number of benzene rings is 1. The highest BCUT2D eigenvalue weighted by Gasteiger charge is 2.09. The fraction of sp³-hybridized carbons (Fsp3) is 0.529. The summed E-state index contributed by atoms with van der Waals surface area (Å²) in [6.07, 6.45) is 4.90. The van der Waals surface area contributed by atoms with E-state index in [4.69, 9.17) is 14.9 Å². The lowest BCUT2D eigenvalue weighted by molar-refractivity contribution is -0.138. The number of hydrogen-bond acceptors (Lipinski definition) is 3. The predicted octanol–water partition coefficient (Wildman–Crippen LogP) is 3.29. The molecule has 0 spiro atoms. The number of carbonyl (C=O) groups is 2. The molecule has 0 aliphatic heterocycles. The monoisotopic (exact) mass is 308 g/mol. The third-order valence-corrected chi connectivity index (χ3v) is 3.60. The van der Waals surface area contributed by atoms with Crippen LogP contribution in [0.25, 0.3) is 0 Å². The van der Waals surface area contributed by atoms with Gasteiger partial charge in [-0.1, -0.05) is 12.1 Å². The molecule has 0 bridgehead atoms. The van der Waals surface area contributed by atoms with E-state index < -0.39 is 11.9 Å². The van der Waals surface area contributed by atoms with E-state index in [0.29, 0.717) is 12.8 Å². The second-order valence-electron chi connectivity index (χ2n) is 5.30. The van der Waals surface area contributed by atoms with Gasteiger partial charge in [-0.3, -0.25) is 9.59 Å². The number of carboxylic acids is 2. The van der Waals surface area contributed by atoms with Crippen molar-refractivity contribution in [1.29, 1.82) is 0 Å². The van der Waals surface area contributed by atoms with Gasteiger partial charge in [-0.05, 0) is 55.7 Å². The number of unbranched alkanes of at least 4 members (excludes halogenated alkanes) is 2. The minimum Gasteiger partial charge on any atom is -0.496 e.